The summed E-state index contributed by atoms with van der Waals surface area (Å²) in [5.41, 5.74) is 3.29. The molecule has 1 N–H and O–H groups in total. The fourth-order valence-corrected chi connectivity index (χ4v) is 3.13. The zero-order chi connectivity index (χ0) is 23.0. The fraction of sp³-hybridized carbons (Fsp3) is 0.115. The zero-order valence-corrected chi connectivity index (χ0v) is 18.3. The Kier molecular flexibility index (Phi) is 6.80. The van der Waals surface area contributed by atoms with Gasteiger partial charge in [-0.05, 0) is 47.5 Å². The van der Waals surface area contributed by atoms with Crippen molar-refractivity contribution in [2.75, 3.05) is 14.2 Å². The Morgan fingerprint density at radius 3 is 2.12 bits per heavy atom. The smallest absolute Gasteiger partial charge is 0.321 e. The van der Waals surface area contributed by atoms with Gasteiger partial charge in [-0.3, -0.25) is 4.79 Å². The quantitative estimate of drug-likeness (QED) is 0.420. The number of hydrogen-bond donors (Lipinski definition) is 1. The Morgan fingerprint density at radius 1 is 0.788 bits per heavy atom. The monoisotopic (exact) mass is 441 g/mol. The Hall–Kier alpha value is -4.39. The van der Waals surface area contributed by atoms with Crippen LogP contribution in [0.1, 0.15) is 15.9 Å². The highest BCUT2D eigenvalue weighted by Gasteiger charge is 2.08. The van der Waals surface area contributed by atoms with Crippen LogP contribution in [0, 0.1) is 0 Å². The van der Waals surface area contributed by atoms with Gasteiger partial charge in [0, 0.05) is 36.1 Å². The highest BCUT2D eigenvalue weighted by molar-refractivity contribution is 5.94. The third-order valence-electron chi connectivity index (χ3n) is 4.97. The van der Waals surface area contributed by atoms with E-state index in [9.17, 15) is 4.79 Å². The molecular weight excluding hydrogens is 418 g/mol. The molecule has 0 saturated carbocycles. The van der Waals surface area contributed by atoms with Crippen LogP contribution in [0.2, 0.25) is 0 Å². The average Bonchev–Trinajstić information content (AvgIpc) is 2.88. The SMILES string of the molecule is COc1ccc(CNC(=O)c2ccc(-c3cnc(Oc4cccc(OC)c4)nc3)cc2)cc1. The first-order valence-electron chi connectivity index (χ1n) is 10.3. The Labute approximate surface area is 192 Å². The van der Waals surface area contributed by atoms with Gasteiger partial charge in [0.25, 0.3) is 5.91 Å². The summed E-state index contributed by atoms with van der Waals surface area (Å²) in [6.07, 6.45) is 3.36. The predicted molar refractivity (Wildman–Crippen MR) is 125 cm³/mol. The molecule has 1 heterocycles. The van der Waals surface area contributed by atoms with Crippen molar-refractivity contribution < 1.29 is 19.0 Å². The minimum Gasteiger partial charge on any atom is -0.497 e. The van der Waals surface area contributed by atoms with Crippen molar-refractivity contribution >= 4 is 5.91 Å². The molecule has 0 fully saturated rings. The molecule has 1 aromatic heterocycles. The summed E-state index contributed by atoms with van der Waals surface area (Å²) in [4.78, 5) is 21.0. The van der Waals surface area contributed by atoms with E-state index in [1.165, 1.54) is 0 Å². The number of carbonyl (C=O) groups excluding carboxylic acids is 1. The number of nitrogens with one attached hydrogen (secondary N) is 1. The number of aromatic nitrogens is 2. The van der Waals surface area contributed by atoms with Gasteiger partial charge in [0.05, 0.1) is 14.2 Å². The molecule has 4 rings (SSSR count). The maximum atomic E-state index is 12.5. The van der Waals surface area contributed by atoms with Crippen molar-refractivity contribution in [2.24, 2.45) is 0 Å². The standard InChI is InChI=1S/C26H23N3O4/c1-31-22-12-6-18(7-13-22)15-27-25(30)20-10-8-19(9-11-20)21-16-28-26(29-17-21)33-24-5-3-4-23(14-24)32-2/h3-14,16-17H,15H2,1-2H3,(H,27,30). The van der Waals surface area contributed by atoms with E-state index in [1.807, 2.05) is 48.5 Å². The summed E-state index contributed by atoms with van der Waals surface area (Å²) >= 11 is 0. The number of methoxy groups -OCH3 is 2. The number of carbonyl (C=O) groups is 1. The van der Waals surface area contributed by atoms with E-state index in [-0.39, 0.29) is 11.9 Å². The highest BCUT2D eigenvalue weighted by Crippen LogP contribution is 2.24. The van der Waals surface area contributed by atoms with E-state index in [0.717, 1.165) is 22.4 Å². The van der Waals surface area contributed by atoms with Gasteiger partial charge < -0.3 is 19.5 Å². The summed E-state index contributed by atoms with van der Waals surface area (Å²) in [7, 11) is 3.22. The first-order valence-corrected chi connectivity index (χ1v) is 10.3. The lowest BCUT2D eigenvalue weighted by Gasteiger charge is -2.08. The molecule has 0 bridgehead atoms. The van der Waals surface area contributed by atoms with Crippen LogP contribution in [-0.4, -0.2) is 30.1 Å². The molecule has 3 aromatic carbocycles. The fourth-order valence-electron chi connectivity index (χ4n) is 3.13. The third kappa shape index (κ3) is 5.65. The van der Waals surface area contributed by atoms with Gasteiger partial charge in [0.15, 0.2) is 0 Å². The predicted octanol–water partition coefficient (Wildman–Crippen LogP) is 4.88. The molecule has 0 atom stereocenters. The lowest BCUT2D eigenvalue weighted by atomic mass is 10.1. The Bertz CT molecular complexity index is 1210. The van der Waals surface area contributed by atoms with Crippen LogP contribution in [-0.2, 0) is 6.54 Å². The molecule has 7 heteroatoms. The van der Waals surface area contributed by atoms with E-state index in [0.29, 0.717) is 23.6 Å². The molecule has 7 nitrogen and oxygen atoms in total. The summed E-state index contributed by atoms with van der Waals surface area (Å²) in [6.45, 7) is 0.438. The van der Waals surface area contributed by atoms with Crippen LogP contribution >= 0.6 is 0 Å². The third-order valence-corrected chi connectivity index (χ3v) is 4.97. The van der Waals surface area contributed by atoms with Gasteiger partial charge in [-0.25, -0.2) is 9.97 Å². The minimum absolute atomic E-state index is 0.143. The average molecular weight is 441 g/mol. The van der Waals surface area contributed by atoms with Crippen molar-refractivity contribution in [2.45, 2.75) is 6.54 Å². The lowest BCUT2D eigenvalue weighted by molar-refractivity contribution is 0.0951. The second-order valence-corrected chi connectivity index (χ2v) is 7.14. The van der Waals surface area contributed by atoms with E-state index in [2.05, 4.69) is 15.3 Å². The maximum absolute atomic E-state index is 12.5. The highest BCUT2D eigenvalue weighted by atomic mass is 16.5. The second kappa shape index (κ2) is 10.3. The van der Waals surface area contributed by atoms with E-state index >= 15 is 0 Å². The first-order chi connectivity index (χ1) is 16.1. The summed E-state index contributed by atoms with van der Waals surface area (Å²) in [5.74, 6) is 1.92. The first kappa shape index (κ1) is 21.8. The summed E-state index contributed by atoms with van der Waals surface area (Å²) in [5, 5.41) is 2.92. The molecule has 0 unspecified atom stereocenters. The van der Waals surface area contributed by atoms with Gasteiger partial charge in [-0.1, -0.05) is 30.3 Å². The van der Waals surface area contributed by atoms with Crippen LogP contribution < -0.4 is 19.5 Å². The van der Waals surface area contributed by atoms with Crippen LogP contribution in [0.3, 0.4) is 0 Å². The number of nitrogens with zero attached hydrogens (tertiary/aromatic N) is 2. The lowest BCUT2D eigenvalue weighted by Crippen LogP contribution is -2.22. The Balaban J connectivity index is 1.36. The van der Waals surface area contributed by atoms with Crippen molar-refractivity contribution in [3.05, 3.63) is 96.3 Å². The molecule has 0 aliphatic carbocycles. The van der Waals surface area contributed by atoms with Crippen LogP contribution in [0.15, 0.2) is 85.2 Å². The van der Waals surface area contributed by atoms with E-state index < -0.39 is 0 Å². The topological polar surface area (TPSA) is 82.6 Å². The zero-order valence-electron chi connectivity index (χ0n) is 18.3. The van der Waals surface area contributed by atoms with Gasteiger partial charge in [0.2, 0.25) is 0 Å². The summed E-state index contributed by atoms with van der Waals surface area (Å²) in [6, 6.07) is 22.3. The van der Waals surface area contributed by atoms with Crippen molar-refractivity contribution in [1.29, 1.82) is 0 Å². The molecule has 33 heavy (non-hydrogen) atoms. The van der Waals surface area contributed by atoms with Gasteiger partial charge in [0.1, 0.15) is 17.2 Å². The van der Waals surface area contributed by atoms with Crippen LogP contribution in [0.4, 0.5) is 0 Å². The number of rotatable bonds is 8. The molecule has 0 radical (unpaired) electrons. The largest absolute Gasteiger partial charge is 0.497 e. The molecule has 0 aliphatic rings. The maximum Gasteiger partial charge on any atom is 0.321 e. The second-order valence-electron chi connectivity index (χ2n) is 7.14. The van der Waals surface area contributed by atoms with E-state index in [4.69, 9.17) is 14.2 Å². The molecule has 4 aromatic rings. The van der Waals surface area contributed by atoms with Gasteiger partial charge >= 0.3 is 6.01 Å². The molecule has 1 amide bonds. The number of amides is 1. The number of hydrogen-bond acceptors (Lipinski definition) is 6. The summed E-state index contributed by atoms with van der Waals surface area (Å²) < 4.78 is 16.0. The number of ether oxygens (including phenoxy) is 3. The molecule has 166 valence electrons. The van der Waals surface area contributed by atoms with Crippen molar-refractivity contribution in [1.82, 2.24) is 15.3 Å². The van der Waals surface area contributed by atoms with Crippen molar-refractivity contribution in [3.63, 3.8) is 0 Å². The minimum atomic E-state index is -0.143. The molecule has 0 saturated heterocycles. The van der Waals surface area contributed by atoms with Gasteiger partial charge in [-0.15, -0.1) is 0 Å². The van der Waals surface area contributed by atoms with Gasteiger partial charge in [-0.2, -0.15) is 0 Å². The Morgan fingerprint density at radius 2 is 1.45 bits per heavy atom. The van der Waals surface area contributed by atoms with Crippen LogP contribution in [0.25, 0.3) is 11.1 Å². The van der Waals surface area contributed by atoms with E-state index in [1.54, 1.807) is 50.9 Å². The molecule has 0 aliphatic heterocycles. The molecular formula is C26H23N3O4. The van der Waals surface area contributed by atoms with Crippen LogP contribution in [0.5, 0.6) is 23.3 Å². The molecule has 0 spiro atoms. The van der Waals surface area contributed by atoms with Crippen molar-refractivity contribution in [3.8, 4) is 34.4 Å². The normalized spacial score (nSPS) is 10.4. The number of benzene rings is 3.